The molecule has 0 aromatic carbocycles. The molecule has 1 aliphatic rings. The summed E-state index contributed by atoms with van der Waals surface area (Å²) < 4.78 is 5.02. The second kappa shape index (κ2) is 6.80. The van der Waals surface area contributed by atoms with E-state index in [0.29, 0.717) is 10.4 Å². The van der Waals surface area contributed by atoms with Crippen LogP contribution in [0.1, 0.15) is 46.2 Å². The molecule has 0 radical (unpaired) electrons. The molecule has 1 fully saturated rings. The molecule has 7 heteroatoms. The Balaban J connectivity index is 2.43. The first-order chi connectivity index (χ1) is 10.1. The highest BCUT2D eigenvalue weighted by molar-refractivity contribution is 7.19. The van der Waals surface area contributed by atoms with Crippen molar-refractivity contribution in [2.45, 2.75) is 26.2 Å². The van der Waals surface area contributed by atoms with Crippen LogP contribution in [0.2, 0.25) is 0 Å². The van der Waals surface area contributed by atoms with Crippen molar-refractivity contribution in [1.29, 1.82) is 0 Å². The number of amides is 1. The Morgan fingerprint density at radius 2 is 2.00 bits per heavy atom. The summed E-state index contributed by atoms with van der Waals surface area (Å²) >= 11 is 1.25. The maximum Gasteiger partial charge on any atom is 0.350 e. The van der Waals surface area contributed by atoms with Crippen molar-refractivity contribution in [2.24, 2.45) is 0 Å². The third-order valence-electron chi connectivity index (χ3n) is 3.48. The minimum atomic E-state index is -0.464. The van der Waals surface area contributed by atoms with Crippen LogP contribution in [0.25, 0.3) is 0 Å². The quantitative estimate of drug-likeness (QED) is 0.829. The molecule has 1 aromatic rings. The predicted octanol–water partition coefficient (Wildman–Crippen LogP) is 1.86. The van der Waals surface area contributed by atoms with Gasteiger partial charge in [0.1, 0.15) is 9.88 Å². The molecule has 0 bridgehead atoms. The second-order valence-electron chi connectivity index (χ2n) is 4.87. The van der Waals surface area contributed by atoms with Crippen molar-refractivity contribution in [2.75, 3.05) is 37.4 Å². The Labute approximate surface area is 128 Å². The highest BCUT2D eigenvalue weighted by Crippen LogP contribution is 2.39. The molecule has 116 valence electrons. The van der Waals surface area contributed by atoms with Crippen molar-refractivity contribution in [3.8, 4) is 0 Å². The lowest BCUT2D eigenvalue weighted by molar-refractivity contribution is 0.0533. The van der Waals surface area contributed by atoms with Gasteiger partial charge in [-0.05, 0) is 26.2 Å². The summed E-state index contributed by atoms with van der Waals surface area (Å²) in [4.78, 5) is 26.6. The number of hydrogen-bond donors (Lipinski definition) is 2. The number of piperidine rings is 1. The summed E-state index contributed by atoms with van der Waals surface area (Å²) in [5, 5.41) is 3.37. The summed E-state index contributed by atoms with van der Waals surface area (Å²) in [6.07, 6.45) is 3.36. The molecule has 0 atom stereocenters. The van der Waals surface area contributed by atoms with Gasteiger partial charge >= 0.3 is 5.97 Å². The van der Waals surface area contributed by atoms with Crippen molar-refractivity contribution in [3.63, 3.8) is 0 Å². The first-order valence-corrected chi connectivity index (χ1v) is 7.98. The maximum atomic E-state index is 12.1. The third kappa shape index (κ3) is 3.12. The molecule has 1 aromatic heterocycles. The fourth-order valence-corrected chi connectivity index (χ4v) is 3.61. The molecule has 1 saturated heterocycles. The normalized spacial score (nSPS) is 14.9. The zero-order chi connectivity index (χ0) is 15.4. The summed E-state index contributed by atoms with van der Waals surface area (Å²) in [6.45, 7) is 3.79. The number of esters is 1. The third-order valence-corrected chi connectivity index (χ3v) is 4.73. The maximum absolute atomic E-state index is 12.1. The van der Waals surface area contributed by atoms with Gasteiger partial charge in [-0.3, -0.25) is 4.79 Å². The molecule has 3 N–H and O–H groups in total. The van der Waals surface area contributed by atoms with Gasteiger partial charge in [0.25, 0.3) is 5.91 Å². The van der Waals surface area contributed by atoms with E-state index in [2.05, 4.69) is 10.2 Å². The van der Waals surface area contributed by atoms with Gasteiger partial charge in [-0.25, -0.2) is 4.79 Å². The number of ether oxygens (including phenoxy) is 1. The fourth-order valence-electron chi connectivity index (χ4n) is 2.44. The van der Waals surface area contributed by atoms with E-state index in [-0.39, 0.29) is 18.2 Å². The van der Waals surface area contributed by atoms with Crippen LogP contribution >= 0.6 is 11.3 Å². The van der Waals surface area contributed by atoms with Gasteiger partial charge in [-0.1, -0.05) is 0 Å². The molecule has 1 aliphatic heterocycles. The lowest BCUT2D eigenvalue weighted by atomic mass is 10.1. The van der Waals surface area contributed by atoms with Crippen LogP contribution in [0.5, 0.6) is 0 Å². The Kier molecular flexibility index (Phi) is 5.06. The van der Waals surface area contributed by atoms with Gasteiger partial charge < -0.3 is 20.7 Å². The van der Waals surface area contributed by atoms with Crippen LogP contribution in [0.3, 0.4) is 0 Å². The summed E-state index contributed by atoms with van der Waals surface area (Å²) in [6, 6.07) is 0. The van der Waals surface area contributed by atoms with Crippen molar-refractivity contribution in [1.82, 2.24) is 5.32 Å². The van der Waals surface area contributed by atoms with Gasteiger partial charge in [0.05, 0.1) is 17.9 Å². The summed E-state index contributed by atoms with van der Waals surface area (Å²) in [5.41, 5.74) is 6.66. The molecular weight excluding hydrogens is 290 g/mol. The standard InChI is InChI=1S/C14H21N3O3S/c1-3-20-14(19)11-10(15)9(12(18)16-2)13(21-11)17-7-5-4-6-8-17/h3-8,15H2,1-2H3,(H,16,18). The Hall–Kier alpha value is -1.76. The van der Waals surface area contributed by atoms with E-state index in [1.807, 2.05) is 0 Å². The van der Waals surface area contributed by atoms with E-state index in [4.69, 9.17) is 10.5 Å². The zero-order valence-corrected chi connectivity index (χ0v) is 13.2. The van der Waals surface area contributed by atoms with E-state index < -0.39 is 5.97 Å². The Bertz CT molecular complexity index is 536. The molecule has 0 saturated carbocycles. The van der Waals surface area contributed by atoms with Crippen LogP contribution in [-0.4, -0.2) is 38.6 Å². The van der Waals surface area contributed by atoms with Crippen LogP contribution < -0.4 is 16.0 Å². The number of nitrogens with one attached hydrogen (secondary N) is 1. The molecule has 2 rings (SSSR count). The average molecular weight is 311 g/mol. The molecule has 0 spiro atoms. The molecule has 2 heterocycles. The topological polar surface area (TPSA) is 84.7 Å². The number of nitrogen functional groups attached to an aromatic ring is 1. The number of carbonyl (C=O) groups excluding carboxylic acids is 2. The Morgan fingerprint density at radius 3 is 2.57 bits per heavy atom. The van der Waals surface area contributed by atoms with Gasteiger partial charge in [0.2, 0.25) is 0 Å². The van der Waals surface area contributed by atoms with Crippen LogP contribution in [0.4, 0.5) is 10.7 Å². The average Bonchev–Trinajstić information content (AvgIpc) is 2.85. The minimum Gasteiger partial charge on any atom is -0.462 e. The number of rotatable bonds is 4. The van der Waals surface area contributed by atoms with E-state index in [1.165, 1.54) is 17.8 Å². The monoisotopic (exact) mass is 311 g/mol. The number of nitrogens with zero attached hydrogens (tertiary/aromatic N) is 1. The number of thiophene rings is 1. The number of hydrogen-bond acceptors (Lipinski definition) is 6. The van der Waals surface area contributed by atoms with Gasteiger partial charge in [-0.2, -0.15) is 0 Å². The first-order valence-electron chi connectivity index (χ1n) is 7.16. The zero-order valence-electron chi connectivity index (χ0n) is 12.4. The van der Waals surface area contributed by atoms with Gasteiger partial charge in [0.15, 0.2) is 0 Å². The van der Waals surface area contributed by atoms with Gasteiger partial charge in [0, 0.05) is 20.1 Å². The Morgan fingerprint density at radius 1 is 1.33 bits per heavy atom. The first kappa shape index (κ1) is 15.6. The second-order valence-corrected chi connectivity index (χ2v) is 5.87. The van der Waals surface area contributed by atoms with E-state index in [9.17, 15) is 9.59 Å². The lowest BCUT2D eigenvalue weighted by Gasteiger charge is -2.28. The van der Waals surface area contributed by atoms with E-state index >= 15 is 0 Å². The number of anilines is 2. The molecule has 0 aliphatic carbocycles. The molecule has 0 unspecified atom stereocenters. The lowest BCUT2D eigenvalue weighted by Crippen LogP contribution is -2.31. The van der Waals surface area contributed by atoms with Crippen molar-refractivity contribution < 1.29 is 14.3 Å². The largest absolute Gasteiger partial charge is 0.462 e. The summed E-state index contributed by atoms with van der Waals surface area (Å²) in [5.74, 6) is -0.728. The number of nitrogens with two attached hydrogens (primary N) is 1. The molecule has 6 nitrogen and oxygen atoms in total. The highest BCUT2D eigenvalue weighted by atomic mass is 32.1. The molecule has 21 heavy (non-hydrogen) atoms. The molecular formula is C14H21N3O3S. The van der Waals surface area contributed by atoms with E-state index in [1.54, 1.807) is 14.0 Å². The van der Waals surface area contributed by atoms with Crippen molar-refractivity contribution >= 4 is 33.9 Å². The van der Waals surface area contributed by atoms with E-state index in [0.717, 1.165) is 30.9 Å². The fraction of sp³-hybridized carbons (Fsp3) is 0.571. The summed E-state index contributed by atoms with van der Waals surface area (Å²) in [7, 11) is 1.56. The van der Waals surface area contributed by atoms with Crippen molar-refractivity contribution in [3.05, 3.63) is 10.4 Å². The predicted molar refractivity (Wildman–Crippen MR) is 84.1 cm³/mol. The number of carbonyl (C=O) groups is 2. The van der Waals surface area contributed by atoms with Crippen LogP contribution in [0.15, 0.2) is 0 Å². The van der Waals surface area contributed by atoms with Gasteiger partial charge in [-0.15, -0.1) is 11.3 Å². The molecule has 1 amide bonds. The smallest absolute Gasteiger partial charge is 0.350 e. The highest BCUT2D eigenvalue weighted by Gasteiger charge is 2.29. The van der Waals surface area contributed by atoms with Crippen LogP contribution in [-0.2, 0) is 4.74 Å². The minimum absolute atomic E-state index is 0.221. The SMILES string of the molecule is CCOC(=O)c1sc(N2CCCCC2)c(C(=O)NC)c1N. The van der Waals surface area contributed by atoms with Crippen LogP contribution in [0, 0.1) is 0 Å².